The van der Waals surface area contributed by atoms with Crippen LogP contribution >= 0.6 is 24.0 Å². The van der Waals surface area contributed by atoms with Crippen molar-refractivity contribution in [2.75, 3.05) is 14.1 Å². The molecule has 0 aliphatic rings. The van der Waals surface area contributed by atoms with Crippen LogP contribution in [0.3, 0.4) is 0 Å². The van der Waals surface area contributed by atoms with E-state index >= 15 is 0 Å². The van der Waals surface area contributed by atoms with E-state index in [1.165, 1.54) is 11.1 Å². The van der Waals surface area contributed by atoms with Gasteiger partial charge in [0, 0.05) is 20.6 Å². The first kappa shape index (κ1) is 19.4. The predicted octanol–water partition coefficient (Wildman–Crippen LogP) is 2.77. The highest BCUT2D eigenvalue weighted by molar-refractivity contribution is 14.0. The standard InChI is InChI=1S/C16H23N5O.HI/c1-5-13-6-8-14(9-7-13)11-21(4)16(17-3)18-10-15-19-12(2)20-22-15;/h6-9H,5,10-11H2,1-4H3,(H,17,18);1H. The highest BCUT2D eigenvalue weighted by Gasteiger charge is 2.09. The Balaban J connectivity index is 0.00000264. The molecule has 0 saturated carbocycles. The first-order valence-electron chi connectivity index (χ1n) is 7.41. The molecule has 0 fully saturated rings. The fourth-order valence-electron chi connectivity index (χ4n) is 2.18. The van der Waals surface area contributed by atoms with Crippen molar-refractivity contribution in [2.45, 2.75) is 33.4 Å². The molecule has 23 heavy (non-hydrogen) atoms. The van der Waals surface area contributed by atoms with E-state index in [1.807, 2.05) is 7.05 Å². The monoisotopic (exact) mass is 429 g/mol. The maximum atomic E-state index is 5.09. The summed E-state index contributed by atoms with van der Waals surface area (Å²) in [7, 11) is 3.76. The number of hydrogen-bond acceptors (Lipinski definition) is 4. The molecule has 0 atom stereocenters. The van der Waals surface area contributed by atoms with Crippen LogP contribution in [0, 0.1) is 6.92 Å². The number of guanidine groups is 1. The molecule has 0 amide bonds. The topological polar surface area (TPSA) is 66.5 Å². The van der Waals surface area contributed by atoms with Gasteiger partial charge in [-0.1, -0.05) is 36.3 Å². The minimum atomic E-state index is 0. The Morgan fingerprint density at radius 3 is 2.43 bits per heavy atom. The Bertz CT molecular complexity index is 624. The highest BCUT2D eigenvalue weighted by atomic mass is 127. The first-order valence-corrected chi connectivity index (χ1v) is 7.41. The van der Waals surface area contributed by atoms with E-state index in [-0.39, 0.29) is 24.0 Å². The van der Waals surface area contributed by atoms with Crippen LogP contribution in [-0.4, -0.2) is 35.1 Å². The molecule has 0 radical (unpaired) electrons. The molecule has 1 aromatic carbocycles. The number of halogens is 1. The summed E-state index contributed by atoms with van der Waals surface area (Å²) in [4.78, 5) is 10.5. The van der Waals surface area contributed by atoms with Crippen LogP contribution in [0.25, 0.3) is 0 Å². The average molecular weight is 429 g/mol. The van der Waals surface area contributed by atoms with Gasteiger partial charge in [-0.2, -0.15) is 4.98 Å². The minimum absolute atomic E-state index is 0. The summed E-state index contributed by atoms with van der Waals surface area (Å²) in [5, 5.41) is 6.99. The van der Waals surface area contributed by atoms with Gasteiger partial charge in [0.05, 0.1) is 6.54 Å². The lowest BCUT2D eigenvalue weighted by Crippen LogP contribution is -2.38. The zero-order valence-electron chi connectivity index (χ0n) is 14.0. The van der Waals surface area contributed by atoms with E-state index in [9.17, 15) is 0 Å². The van der Waals surface area contributed by atoms with E-state index in [1.54, 1.807) is 14.0 Å². The number of aromatic nitrogens is 2. The van der Waals surface area contributed by atoms with Crippen LogP contribution in [0.5, 0.6) is 0 Å². The van der Waals surface area contributed by atoms with Gasteiger partial charge in [-0.3, -0.25) is 4.99 Å². The normalized spacial score (nSPS) is 11.0. The summed E-state index contributed by atoms with van der Waals surface area (Å²) >= 11 is 0. The van der Waals surface area contributed by atoms with Crippen LogP contribution in [0.1, 0.15) is 29.8 Å². The molecular formula is C16H24IN5O. The van der Waals surface area contributed by atoms with Gasteiger partial charge >= 0.3 is 0 Å². The van der Waals surface area contributed by atoms with Gasteiger partial charge in [0.25, 0.3) is 0 Å². The largest absolute Gasteiger partial charge is 0.347 e. The first-order chi connectivity index (χ1) is 10.6. The van der Waals surface area contributed by atoms with Crippen molar-refractivity contribution in [2.24, 2.45) is 4.99 Å². The predicted molar refractivity (Wildman–Crippen MR) is 102 cm³/mol. The number of nitrogens with one attached hydrogen (secondary N) is 1. The molecule has 0 spiro atoms. The van der Waals surface area contributed by atoms with Gasteiger partial charge in [0.1, 0.15) is 0 Å². The van der Waals surface area contributed by atoms with Crippen molar-refractivity contribution in [3.63, 3.8) is 0 Å². The Morgan fingerprint density at radius 2 is 1.91 bits per heavy atom. The minimum Gasteiger partial charge on any atom is -0.347 e. The third-order valence-corrected chi connectivity index (χ3v) is 3.39. The molecule has 1 aromatic heterocycles. The van der Waals surface area contributed by atoms with Crippen LogP contribution in [-0.2, 0) is 19.5 Å². The second kappa shape index (κ2) is 9.49. The van der Waals surface area contributed by atoms with Gasteiger partial charge in [0.2, 0.25) is 5.89 Å². The number of benzene rings is 1. The number of hydrogen-bond donors (Lipinski definition) is 1. The molecule has 126 valence electrons. The molecular weight excluding hydrogens is 405 g/mol. The Hall–Kier alpha value is -1.64. The van der Waals surface area contributed by atoms with Crippen molar-refractivity contribution < 1.29 is 4.52 Å². The lowest BCUT2D eigenvalue weighted by atomic mass is 10.1. The Kier molecular flexibility index (Phi) is 8.01. The van der Waals surface area contributed by atoms with Crippen molar-refractivity contribution in [1.29, 1.82) is 0 Å². The molecule has 7 heteroatoms. The number of nitrogens with zero attached hydrogens (tertiary/aromatic N) is 4. The van der Waals surface area contributed by atoms with Crippen LogP contribution in [0.15, 0.2) is 33.8 Å². The molecule has 0 unspecified atom stereocenters. The number of rotatable bonds is 5. The molecule has 1 N–H and O–H groups in total. The summed E-state index contributed by atoms with van der Waals surface area (Å²) < 4.78 is 5.09. The lowest BCUT2D eigenvalue weighted by Gasteiger charge is -2.21. The quantitative estimate of drug-likeness (QED) is 0.450. The SMILES string of the molecule is CCc1ccc(CN(C)C(=NC)NCc2nc(C)no2)cc1.I. The van der Waals surface area contributed by atoms with Crippen LogP contribution in [0.4, 0.5) is 0 Å². The maximum Gasteiger partial charge on any atom is 0.246 e. The third kappa shape index (κ3) is 5.81. The van der Waals surface area contributed by atoms with Crippen molar-refractivity contribution in [1.82, 2.24) is 20.4 Å². The second-order valence-corrected chi connectivity index (χ2v) is 5.16. The zero-order valence-corrected chi connectivity index (χ0v) is 16.4. The molecule has 1 heterocycles. The molecule has 6 nitrogen and oxygen atoms in total. The summed E-state index contributed by atoms with van der Waals surface area (Å²) in [6, 6.07) is 8.65. The van der Waals surface area contributed by atoms with Crippen LogP contribution < -0.4 is 5.32 Å². The summed E-state index contributed by atoms with van der Waals surface area (Å²) in [6.07, 6.45) is 1.06. The van der Waals surface area contributed by atoms with E-state index in [2.05, 4.69) is 56.5 Å². The maximum absolute atomic E-state index is 5.09. The lowest BCUT2D eigenvalue weighted by molar-refractivity contribution is 0.368. The van der Waals surface area contributed by atoms with Crippen LogP contribution in [0.2, 0.25) is 0 Å². The van der Waals surface area contributed by atoms with Gasteiger partial charge in [-0.25, -0.2) is 0 Å². The smallest absolute Gasteiger partial charge is 0.246 e. The fraction of sp³-hybridized carbons (Fsp3) is 0.438. The molecule has 2 aromatic rings. The average Bonchev–Trinajstić information content (AvgIpc) is 2.94. The van der Waals surface area contributed by atoms with E-state index < -0.39 is 0 Å². The van der Waals surface area contributed by atoms with Gasteiger partial charge < -0.3 is 14.7 Å². The molecule has 2 rings (SSSR count). The molecule has 0 aliphatic carbocycles. The second-order valence-electron chi connectivity index (χ2n) is 5.16. The van der Waals surface area contributed by atoms with Gasteiger partial charge in [-0.05, 0) is 24.5 Å². The summed E-state index contributed by atoms with van der Waals surface area (Å²) in [5.74, 6) is 1.98. The van der Waals surface area contributed by atoms with Gasteiger partial charge in [-0.15, -0.1) is 24.0 Å². The fourth-order valence-corrected chi connectivity index (χ4v) is 2.18. The van der Waals surface area contributed by atoms with Crippen molar-refractivity contribution >= 4 is 29.9 Å². The summed E-state index contributed by atoms with van der Waals surface area (Å²) in [5.41, 5.74) is 2.59. The van der Waals surface area contributed by atoms with Crippen molar-refractivity contribution in [3.05, 3.63) is 47.1 Å². The van der Waals surface area contributed by atoms with E-state index in [0.29, 0.717) is 18.3 Å². The molecule has 0 bridgehead atoms. The summed E-state index contributed by atoms with van der Waals surface area (Å²) in [6.45, 7) is 5.21. The number of aryl methyl sites for hydroxylation is 2. The molecule has 0 aliphatic heterocycles. The molecule has 0 saturated heterocycles. The van der Waals surface area contributed by atoms with Crippen molar-refractivity contribution in [3.8, 4) is 0 Å². The number of aliphatic imine (C=N–C) groups is 1. The van der Waals surface area contributed by atoms with Gasteiger partial charge in [0.15, 0.2) is 11.8 Å². The zero-order chi connectivity index (χ0) is 15.9. The third-order valence-electron chi connectivity index (χ3n) is 3.39. The van der Waals surface area contributed by atoms with E-state index in [4.69, 9.17) is 4.52 Å². The Labute approximate surface area is 154 Å². The Morgan fingerprint density at radius 1 is 1.26 bits per heavy atom. The highest BCUT2D eigenvalue weighted by Crippen LogP contribution is 2.07. The van der Waals surface area contributed by atoms with E-state index in [0.717, 1.165) is 18.9 Å².